The van der Waals surface area contributed by atoms with Gasteiger partial charge in [0.25, 0.3) is 0 Å². The van der Waals surface area contributed by atoms with Crippen molar-refractivity contribution in [2.45, 2.75) is 52.6 Å². The Morgan fingerprint density at radius 1 is 1.33 bits per heavy atom. The molecule has 2 atom stereocenters. The number of esters is 1. The standard InChI is InChI=1S/C13H22O2/c1-9(2)12(14)15-13(5)10(3)7-6-8-11(13)4/h10-11H,1,6-8H2,2-5H3. The topological polar surface area (TPSA) is 26.3 Å². The number of rotatable bonds is 2. The van der Waals surface area contributed by atoms with Crippen molar-refractivity contribution in [1.29, 1.82) is 0 Å². The van der Waals surface area contributed by atoms with Crippen LogP contribution in [-0.2, 0) is 9.53 Å². The van der Waals surface area contributed by atoms with E-state index in [4.69, 9.17) is 4.74 Å². The first-order valence-electron chi connectivity index (χ1n) is 5.76. The van der Waals surface area contributed by atoms with Crippen molar-refractivity contribution in [3.8, 4) is 0 Å². The smallest absolute Gasteiger partial charge is 0.333 e. The van der Waals surface area contributed by atoms with Crippen LogP contribution in [0.1, 0.15) is 47.0 Å². The Morgan fingerprint density at radius 3 is 2.20 bits per heavy atom. The predicted molar refractivity (Wildman–Crippen MR) is 61.5 cm³/mol. The summed E-state index contributed by atoms with van der Waals surface area (Å²) in [6.45, 7) is 11.7. The Labute approximate surface area is 92.7 Å². The molecule has 1 saturated carbocycles. The summed E-state index contributed by atoms with van der Waals surface area (Å²) in [7, 11) is 0. The summed E-state index contributed by atoms with van der Waals surface area (Å²) >= 11 is 0. The maximum absolute atomic E-state index is 11.6. The van der Waals surface area contributed by atoms with Crippen molar-refractivity contribution < 1.29 is 9.53 Å². The van der Waals surface area contributed by atoms with Gasteiger partial charge in [0.15, 0.2) is 0 Å². The highest BCUT2D eigenvalue weighted by atomic mass is 16.6. The van der Waals surface area contributed by atoms with Crippen molar-refractivity contribution in [2.24, 2.45) is 11.8 Å². The highest BCUT2D eigenvalue weighted by Gasteiger charge is 2.42. The van der Waals surface area contributed by atoms with Gasteiger partial charge in [-0.25, -0.2) is 4.79 Å². The molecule has 0 saturated heterocycles. The Kier molecular flexibility index (Phi) is 3.58. The molecule has 1 aliphatic carbocycles. The maximum Gasteiger partial charge on any atom is 0.333 e. The molecule has 2 unspecified atom stereocenters. The third-order valence-corrected chi connectivity index (χ3v) is 3.89. The first kappa shape index (κ1) is 12.3. The molecule has 0 aliphatic heterocycles. The van der Waals surface area contributed by atoms with Gasteiger partial charge in [-0.15, -0.1) is 0 Å². The molecule has 0 heterocycles. The number of ether oxygens (including phenoxy) is 1. The van der Waals surface area contributed by atoms with Crippen molar-refractivity contribution in [3.63, 3.8) is 0 Å². The molecule has 0 aromatic heterocycles. The van der Waals surface area contributed by atoms with Crippen LogP contribution in [-0.4, -0.2) is 11.6 Å². The van der Waals surface area contributed by atoms with Crippen molar-refractivity contribution >= 4 is 5.97 Å². The summed E-state index contributed by atoms with van der Waals surface area (Å²) in [5.41, 5.74) is 0.176. The fourth-order valence-corrected chi connectivity index (χ4v) is 2.28. The summed E-state index contributed by atoms with van der Waals surface area (Å²) in [5, 5.41) is 0. The predicted octanol–water partition coefficient (Wildman–Crippen LogP) is 3.32. The SMILES string of the molecule is C=C(C)C(=O)OC1(C)C(C)CCCC1C. The average Bonchev–Trinajstić information content (AvgIpc) is 2.14. The molecule has 0 N–H and O–H groups in total. The van der Waals surface area contributed by atoms with Crippen molar-refractivity contribution in [1.82, 2.24) is 0 Å². The lowest BCUT2D eigenvalue weighted by atomic mass is 9.71. The zero-order valence-corrected chi connectivity index (χ0v) is 10.3. The molecular weight excluding hydrogens is 188 g/mol. The van der Waals surface area contributed by atoms with Gasteiger partial charge in [0.2, 0.25) is 0 Å². The van der Waals surface area contributed by atoms with E-state index in [0.717, 1.165) is 12.8 Å². The number of hydrogen-bond donors (Lipinski definition) is 0. The van der Waals surface area contributed by atoms with Gasteiger partial charge in [0.05, 0.1) is 0 Å². The Balaban J connectivity index is 2.78. The summed E-state index contributed by atoms with van der Waals surface area (Å²) < 4.78 is 5.63. The van der Waals surface area contributed by atoms with Crippen LogP contribution in [0.4, 0.5) is 0 Å². The molecule has 1 fully saturated rings. The van der Waals surface area contributed by atoms with Crippen LogP contribution in [0.2, 0.25) is 0 Å². The number of hydrogen-bond acceptors (Lipinski definition) is 2. The van der Waals surface area contributed by atoms with E-state index in [9.17, 15) is 4.79 Å². The Bertz CT molecular complexity index is 258. The molecule has 1 rings (SSSR count). The van der Waals surface area contributed by atoms with Gasteiger partial charge in [-0.1, -0.05) is 26.8 Å². The van der Waals surface area contributed by atoms with E-state index in [0.29, 0.717) is 17.4 Å². The summed E-state index contributed by atoms with van der Waals surface area (Å²) in [4.78, 5) is 11.6. The minimum atomic E-state index is -0.311. The van der Waals surface area contributed by atoms with Gasteiger partial charge in [-0.3, -0.25) is 0 Å². The number of carbonyl (C=O) groups is 1. The van der Waals surface area contributed by atoms with E-state index >= 15 is 0 Å². The second-order valence-electron chi connectivity index (χ2n) is 5.09. The van der Waals surface area contributed by atoms with Crippen LogP contribution in [0.5, 0.6) is 0 Å². The average molecular weight is 210 g/mol. The van der Waals surface area contributed by atoms with Crippen LogP contribution in [0.25, 0.3) is 0 Å². The van der Waals surface area contributed by atoms with Crippen LogP contribution >= 0.6 is 0 Å². The zero-order valence-electron chi connectivity index (χ0n) is 10.3. The van der Waals surface area contributed by atoms with Gasteiger partial charge in [0.1, 0.15) is 5.60 Å². The molecule has 86 valence electrons. The fourth-order valence-electron chi connectivity index (χ4n) is 2.28. The number of carbonyl (C=O) groups excluding carboxylic acids is 1. The second-order valence-corrected chi connectivity index (χ2v) is 5.09. The van der Waals surface area contributed by atoms with E-state index in [1.165, 1.54) is 6.42 Å². The molecule has 2 nitrogen and oxygen atoms in total. The molecule has 0 aromatic rings. The molecule has 15 heavy (non-hydrogen) atoms. The molecule has 0 amide bonds. The lowest BCUT2D eigenvalue weighted by molar-refractivity contribution is -0.169. The van der Waals surface area contributed by atoms with Gasteiger partial charge in [-0.2, -0.15) is 0 Å². The fraction of sp³-hybridized carbons (Fsp3) is 0.769. The van der Waals surface area contributed by atoms with E-state index in [1.807, 2.05) is 0 Å². The molecule has 0 spiro atoms. The van der Waals surface area contributed by atoms with E-state index in [2.05, 4.69) is 27.4 Å². The largest absolute Gasteiger partial charge is 0.455 e. The highest BCUT2D eigenvalue weighted by molar-refractivity contribution is 5.87. The van der Waals surface area contributed by atoms with Gasteiger partial charge >= 0.3 is 5.97 Å². The summed E-state index contributed by atoms with van der Waals surface area (Å²) in [6, 6.07) is 0. The molecule has 0 bridgehead atoms. The molecule has 0 aromatic carbocycles. The highest BCUT2D eigenvalue weighted by Crippen LogP contribution is 2.40. The summed E-state index contributed by atoms with van der Waals surface area (Å²) in [6.07, 6.45) is 3.52. The maximum atomic E-state index is 11.6. The van der Waals surface area contributed by atoms with E-state index < -0.39 is 0 Å². The Morgan fingerprint density at radius 2 is 1.80 bits per heavy atom. The van der Waals surface area contributed by atoms with E-state index in [1.54, 1.807) is 6.92 Å². The third-order valence-electron chi connectivity index (χ3n) is 3.89. The quantitative estimate of drug-likeness (QED) is 0.516. The van der Waals surface area contributed by atoms with Crippen molar-refractivity contribution in [2.75, 3.05) is 0 Å². The van der Waals surface area contributed by atoms with Crippen LogP contribution < -0.4 is 0 Å². The summed E-state index contributed by atoms with van der Waals surface area (Å²) in [5.74, 6) is 0.618. The molecule has 0 radical (unpaired) electrons. The van der Waals surface area contributed by atoms with Crippen molar-refractivity contribution in [3.05, 3.63) is 12.2 Å². The lowest BCUT2D eigenvalue weighted by Crippen LogP contribution is -2.46. The van der Waals surface area contributed by atoms with Gasteiger partial charge in [0, 0.05) is 5.57 Å². The Hall–Kier alpha value is -0.790. The van der Waals surface area contributed by atoms with Crippen LogP contribution in [0, 0.1) is 11.8 Å². The van der Waals surface area contributed by atoms with Gasteiger partial charge < -0.3 is 4.74 Å². The third kappa shape index (κ3) is 2.42. The monoisotopic (exact) mass is 210 g/mol. The molecule has 2 heteroatoms. The normalized spacial score (nSPS) is 36.0. The molecular formula is C13H22O2. The van der Waals surface area contributed by atoms with Gasteiger partial charge in [-0.05, 0) is 38.5 Å². The lowest BCUT2D eigenvalue weighted by Gasteiger charge is -2.44. The van der Waals surface area contributed by atoms with Crippen LogP contribution in [0.15, 0.2) is 12.2 Å². The minimum Gasteiger partial charge on any atom is -0.455 e. The minimum absolute atomic E-state index is 0.252. The van der Waals surface area contributed by atoms with Crippen LogP contribution in [0.3, 0.4) is 0 Å². The second kappa shape index (κ2) is 4.38. The first-order chi connectivity index (χ1) is 6.88. The molecule has 1 aliphatic rings. The first-order valence-corrected chi connectivity index (χ1v) is 5.76. The zero-order chi connectivity index (χ0) is 11.6. The van der Waals surface area contributed by atoms with E-state index in [-0.39, 0.29) is 11.6 Å².